The lowest BCUT2D eigenvalue weighted by atomic mass is 9.60. The SMILES string of the molecule is COc1cc(C)c2c(N3CC4(CC(N(CC(F)F)S(N)=O)C4)C3)ncnn12. The Balaban J connectivity index is 1.46. The van der Waals surface area contributed by atoms with Gasteiger partial charge >= 0.3 is 0 Å². The Morgan fingerprint density at radius 1 is 1.48 bits per heavy atom. The molecule has 2 aliphatic rings. The number of aromatic nitrogens is 3. The summed E-state index contributed by atoms with van der Waals surface area (Å²) >= 11 is -1.88. The second-order valence-electron chi connectivity index (χ2n) is 7.40. The Morgan fingerprint density at radius 2 is 2.19 bits per heavy atom. The number of fused-ring (bicyclic) bond motifs is 1. The summed E-state index contributed by atoms with van der Waals surface area (Å²) in [6.45, 7) is 2.99. The van der Waals surface area contributed by atoms with Crippen LogP contribution in [0.4, 0.5) is 14.6 Å². The van der Waals surface area contributed by atoms with Gasteiger partial charge in [-0.15, -0.1) is 0 Å². The molecular weight excluding hydrogens is 378 g/mol. The van der Waals surface area contributed by atoms with Gasteiger partial charge in [0, 0.05) is 30.6 Å². The summed E-state index contributed by atoms with van der Waals surface area (Å²) in [5.74, 6) is 1.49. The number of hydrogen-bond acceptors (Lipinski definition) is 5. The maximum Gasteiger partial charge on any atom is 0.252 e. The maximum absolute atomic E-state index is 12.7. The number of alkyl halides is 2. The number of aryl methyl sites for hydroxylation is 1. The van der Waals surface area contributed by atoms with Gasteiger partial charge in [0.25, 0.3) is 6.43 Å². The molecule has 0 aromatic carbocycles. The zero-order chi connectivity index (χ0) is 19.3. The molecule has 3 heterocycles. The van der Waals surface area contributed by atoms with Crippen molar-refractivity contribution in [1.29, 1.82) is 0 Å². The Kier molecular flexibility index (Phi) is 4.55. The Bertz CT molecular complexity index is 877. The lowest BCUT2D eigenvalue weighted by Gasteiger charge is -2.60. The van der Waals surface area contributed by atoms with Gasteiger partial charge in [0.05, 0.1) is 13.7 Å². The average molecular weight is 400 g/mol. The average Bonchev–Trinajstić information content (AvgIpc) is 2.87. The molecule has 1 atom stereocenters. The molecule has 0 amide bonds. The van der Waals surface area contributed by atoms with Gasteiger partial charge in [0.2, 0.25) is 5.88 Å². The lowest BCUT2D eigenvalue weighted by molar-refractivity contribution is -0.00236. The van der Waals surface area contributed by atoms with Crippen LogP contribution in [-0.2, 0) is 11.2 Å². The third kappa shape index (κ3) is 3.07. The molecule has 1 saturated heterocycles. The summed E-state index contributed by atoms with van der Waals surface area (Å²) in [4.78, 5) is 6.61. The van der Waals surface area contributed by atoms with E-state index in [1.54, 1.807) is 11.6 Å². The van der Waals surface area contributed by atoms with Crippen LogP contribution in [0, 0.1) is 12.3 Å². The van der Waals surface area contributed by atoms with E-state index in [1.807, 2.05) is 13.0 Å². The summed E-state index contributed by atoms with van der Waals surface area (Å²) < 4.78 is 45.2. The second kappa shape index (κ2) is 6.64. The number of anilines is 1. The second-order valence-corrected chi connectivity index (χ2v) is 8.42. The van der Waals surface area contributed by atoms with Crippen molar-refractivity contribution in [3.63, 3.8) is 0 Å². The van der Waals surface area contributed by atoms with Crippen LogP contribution in [0.15, 0.2) is 12.4 Å². The van der Waals surface area contributed by atoms with Gasteiger partial charge in [-0.3, -0.25) is 0 Å². The van der Waals surface area contributed by atoms with E-state index in [4.69, 9.17) is 9.88 Å². The standard InChI is InChI=1S/C16H22F2N6O2S/c1-10-3-13(26-2)24-14(10)15(20-9-21-24)22-7-16(8-22)4-11(5-16)23(27(19)25)6-12(17)18/h3,9,11-12H,4-8,19H2,1-2H3. The predicted octanol–water partition coefficient (Wildman–Crippen LogP) is 1.12. The van der Waals surface area contributed by atoms with Crippen molar-refractivity contribution < 1.29 is 17.7 Å². The molecule has 1 saturated carbocycles. The molecule has 148 valence electrons. The summed E-state index contributed by atoms with van der Waals surface area (Å²) in [6.07, 6.45) is 0.377. The van der Waals surface area contributed by atoms with Crippen LogP contribution in [0.25, 0.3) is 5.52 Å². The van der Waals surface area contributed by atoms with Crippen molar-refractivity contribution in [3.05, 3.63) is 18.0 Å². The van der Waals surface area contributed by atoms with E-state index < -0.39 is 24.1 Å². The number of nitrogens with zero attached hydrogens (tertiary/aromatic N) is 5. The van der Waals surface area contributed by atoms with Crippen LogP contribution in [0.5, 0.6) is 5.88 Å². The van der Waals surface area contributed by atoms with Crippen molar-refractivity contribution in [3.8, 4) is 5.88 Å². The highest BCUT2D eigenvalue weighted by atomic mass is 32.2. The Morgan fingerprint density at radius 3 is 2.78 bits per heavy atom. The third-order valence-electron chi connectivity index (χ3n) is 5.55. The van der Waals surface area contributed by atoms with Gasteiger partial charge in [-0.2, -0.15) is 9.61 Å². The maximum atomic E-state index is 12.7. The normalized spacial score (nSPS) is 20.3. The minimum atomic E-state index is -2.55. The highest BCUT2D eigenvalue weighted by molar-refractivity contribution is 7.80. The van der Waals surface area contributed by atoms with Crippen LogP contribution in [0.3, 0.4) is 0 Å². The van der Waals surface area contributed by atoms with Gasteiger partial charge in [-0.25, -0.2) is 27.4 Å². The monoisotopic (exact) mass is 400 g/mol. The molecule has 2 fully saturated rings. The summed E-state index contributed by atoms with van der Waals surface area (Å²) in [7, 11) is 1.60. The number of halogens is 2. The van der Waals surface area contributed by atoms with Gasteiger partial charge in [-0.05, 0) is 25.3 Å². The van der Waals surface area contributed by atoms with Crippen molar-refractivity contribution in [2.24, 2.45) is 10.6 Å². The van der Waals surface area contributed by atoms with E-state index >= 15 is 0 Å². The molecule has 4 rings (SSSR count). The van der Waals surface area contributed by atoms with Crippen molar-refractivity contribution in [1.82, 2.24) is 18.9 Å². The Labute approximate surface area is 158 Å². The fourth-order valence-electron chi connectivity index (χ4n) is 4.37. The highest BCUT2D eigenvalue weighted by Gasteiger charge is 2.55. The third-order valence-corrected chi connectivity index (χ3v) is 6.46. The fraction of sp³-hybridized carbons (Fsp3) is 0.625. The summed E-state index contributed by atoms with van der Waals surface area (Å²) in [5.41, 5.74) is 1.98. The van der Waals surface area contributed by atoms with E-state index in [1.165, 1.54) is 10.6 Å². The first-order valence-electron chi connectivity index (χ1n) is 8.67. The molecule has 2 N–H and O–H groups in total. The molecular formula is C16H22F2N6O2S. The van der Waals surface area contributed by atoms with E-state index in [9.17, 15) is 13.0 Å². The number of methoxy groups -OCH3 is 1. The van der Waals surface area contributed by atoms with E-state index in [0.717, 1.165) is 30.0 Å². The largest absolute Gasteiger partial charge is 0.481 e. The van der Waals surface area contributed by atoms with Gasteiger partial charge < -0.3 is 9.64 Å². The van der Waals surface area contributed by atoms with Gasteiger partial charge in [0.1, 0.15) is 11.8 Å². The quantitative estimate of drug-likeness (QED) is 0.785. The van der Waals surface area contributed by atoms with E-state index in [2.05, 4.69) is 15.0 Å². The number of ether oxygens (including phenoxy) is 1. The van der Waals surface area contributed by atoms with Crippen LogP contribution in [0.1, 0.15) is 18.4 Å². The van der Waals surface area contributed by atoms with Crippen molar-refractivity contribution >= 4 is 22.5 Å². The van der Waals surface area contributed by atoms with E-state index in [-0.39, 0.29) is 11.5 Å². The first kappa shape index (κ1) is 18.5. The number of nitrogens with two attached hydrogens (primary N) is 1. The first-order valence-corrected chi connectivity index (χ1v) is 9.84. The molecule has 11 heteroatoms. The molecule has 2 aromatic heterocycles. The minimum Gasteiger partial charge on any atom is -0.481 e. The molecule has 1 aliphatic carbocycles. The molecule has 1 spiro atoms. The zero-order valence-electron chi connectivity index (χ0n) is 15.1. The smallest absolute Gasteiger partial charge is 0.252 e. The summed E-state index contributed by atoms with van der Waals surface area (Å²) in [5, 5.41) is 9.63. The van der Waals surface area contributed by atoms with E-state index in [0.29, 0.717) is 18.7 Å². The molecule has 1 aliphatic heterocycles. The molecule has 1 unspecified atom stereocenters. The zero-order valence-corrected chi connectivity index (χ0v) is 16.0. The molecule has 0 radical (unpaired) electrons. The molecule has 2 aromatic rings. The van der Waals surface area contributed by atoms with Crippen LogP contribution >= 0.6 is 0 Å². The topological polar surface area (TPSA) is 89.0 Å². The number of hydrogen-bond donors (Lipinski definition) is 1. The molecule has 8 nitrogen and oxygen atoms in total. The van der Waals surface area contributed by atoms with Gasteiger partial charge in [-0.1, -0.05) is 0 Å². The minimum absolute atomic E-state index is 0.0525. The van der Waals surface area contributed by atoms with Crippen LogP contribution < -0.4 is 14.8 Å². The Hall–Kier alpha value is -1.85. The van der Waals surface area contributed by atoms with Crippen LogP contribution in [0.2, 0.25) is 0 Å². The fourth-order valence-corrected chi connectivity index (χ4v) is 5.07. The van der Waals surface area contributed by atoms with Crippen molar-refractivity contribution in [2.45, 2.75) is 32.2 Å². The highest BCUT2D eigenvalue weighted by Crippen LogP contribution is 2.52. The van der Waals surface area contributed by atoms with Gasteiger partial charge in [0.15, 0.2) is 17.0 Å². The molecule has 27 heavy (non-hydrogen) atoms. The van der Waals surface area contributed by atoms with Crippen molar-refractivity contribution in [2.75, 3.05) is 31.6 Å². The predicted molar refractivity (Wildman–Crippen MR) is 97.0 cm³/mol. The molecule has 0 bridgehead atoms. The summed E-state index contributed by atoms with van der Waals surface area (Å²) in [6, 6.07) is 1.76. The number of rotatable bonds is 6. The first-order chi connectivity index (χ1) is 12.8. The van der Waals surface area contributed by atoms with Crippen LogP contribution in [-0.4, -0.2) is 62.3 Å². The lowest BCUT2D eigenvalue weighted by Crippen LogP contribution is -2.67.